The summed E-state index contributed by atoms with van der Waals surface area (Å²) < 4.78 is 0.804. The molecule has 1 aliphatic rings. The van der Waals surface area contributed by atoms with E-state index >= 15 is 0 Å². The number of benzene rings is 2. The monoisotopic (exact) mass is 468 g/mol. The number of fused-ring (bicyclic) bond motifs is 1. The second kappa shape index (κ2) is 8.81. The highest BCUT2D eigenvalue weighted by Gasteiger charge is 2.36. The number of thiocyanates is 1. The number of phenols is 1. The molecule has 0 unspecified atom stereocenters. The molecule has 154 valence electrons. The van der Waals surface area contributed by atoms with Crippen LogP contribution in [0.15, 0.2) is 52.3 Å². The summed E-state index contributed by atoms with van der Waals surface area (Å²) in [5.74, 6) is -1.00. The van der Waals surface area contributed by atoms with Crippen molar-refractivity contribution < 1.29 is 19.5 Å². The lowest BCUT2D eigenvalue weighted by Crippen LogP contribution is -2.36. The molecule has 0 spiro atoms. The maximum Gasteiger partial charge on any atom is 0.294 e. The molecule has 0 saturated carbocycles. The molecule has 2 aromatic carbocycles. The lowest BCUT2D eigenvalue weighted by atomic mass is 10.2. The maximum atomic E-state index is 12.6. The number of aromatic nitrogens is 1. The van der Waals surface area contributed by atoms with Crippen molar-refractivity contribution in [2.45, 2.75) is 4.90 Å². The average molecular weight is 469 g/mol. The van der Waals surface area contributed by atoms with Gasteiger partial charge in [-0.15, -0.1) is 0 Å². The Bertz CT molecular complexity index is 1280. The van der Waals surface area contributed by atoms with Gasteiger partial charge in [0.15, 0.2) is 5.13 Å². The van der Waals surface area contributed by atoms with E-state index in [9.17, 15) is 19.5 Å². The molecule has 0 bridgehead atoms. The molecule has 1 saturated heterocycles. The third kappa shape index (κ3) is 4.72. The van der Waals surface area contributed by atoms with Gasteiger partial charge in [0.25, 0.3) is 11.1 Å². The van der Waals surface area contributed by atoms with Gasteiger partial charge in [0.2, 0.25) is 5.91 Å². The third-order valence-electron chi connectivity index (χ3n) is 4.14. The van der Waals surface area contributed by atoms with E-state index in [-0.39, 0.29) is 10.7 Å². The second-order valence-corrected chi connectivity index (χ2v) is 9.13. The molecule has 11 heteroatoms. The largest absolute Gasteiger partial charge is 0.508 e. The minimum atomic E-state index is -0.555. The first-order valence-electron chi connectivity index (χ1n) is 8.74. The molecule has 2 heterocycles. The predicted molar refractivity (Wildman–Crippen MR) is 121 cm³/mol. The Labute approximate surface area is 188 Å². The zero-order valence-electron chi connectivity index (χ0n) is 15.6. The number of phenolic OH excluding ortho intramolecular Hbond substituents is 1. The number of nitrogens with zero attached hydrogens (tertiary/aromatic N) is 3. The number of imide groups is 1. The van der Waals surface area contributed by atoms with E-state index in [1.807, 2.05) is 5.40 Å². The Morgan fingerprint density at radius 3 is 2.77 bits per heavy atom. The fourth-order valence-electron chi connectivity index (χ4n) is 2.74. The van der Waals surface area contributed by atoms with Crippen molar-refractivity contribution in [3.63, 3.8) is 0 Å². The van der Waals surface area contributed by atoms with Crippen molar-refractivity contribution in [2.75, 3.05) is 11.9 Å². The van der Waals surface area contributed by atoms with Crippen molar-refractivity contribution in [2.24, 2.45) is 0 Å². The number of amides is 3. The van der Waals surface area contributed by atoms with E-state index in [4.69, 9.17) is 5.26 Å². The topological polar surface area (TPSA) is 123 Å². The Kier molecular flexibility index (Phi) is 5.94. The zero-order valence-corrected chi connectivity index (χ0v) is 18.0. The summed E-state index contributed by atoms with van der Waals surface area (Å²) in [7, 11) is 0. The standard InChI is InChI=1S/C20H12N4O4S3/c21-10-29-13-5-6-14-15(8-13)30-19(22-14)23-17(26)9-24-18(27)16(31-20(24)28)7-11-1-3-12(25)4-2-11/h1-8,25H,9H2,(H,22,23,26)/b16-7+. The SMILES string of the molecule is N#CSc1ccc2nc(NC(=O)CN3C(=O)S/C(=C/c4ccc(O)cc4)C3=O)sc2c1. The van der Waals surface area contributed by atoms with Crippen LogP contribution in [0.4, 0.5) is 9.93 Å². The third-order valence-corrected chi connectivity index (χ3v) is 6.56. The van der Waals surface area contributed by atoms with Gasteiger partial charge in [0.05, 0.1) is 15.1 Å². The number of carbonyl (C=O) groups is 3. The summed E-state index contributed by atoms with van der Waals surface area (Å²) in [6.45, 7) is -0.428. The van der Waals surface area contributed by atoms with Gasteiger partial charge in [-0.3, -0.25) is 19.3 Å². The van der Waals surface area contributed by atoms with Crippen LogP contribution in [0.1, 0.15) is 5.56 Å². The Morgan fingerprint density at radius 1 is 1.26 bits per heavy atom. The van der Waals surface area contributed by atoms with Crippen LogP contribution in [0.3, 0.4) is 0 Å². The van der Waals surface area contributed by atoms with Gasteiger partial charge in [0, 0.05) is 4.90 Å². The number of nitrogens with one attached hydrogen (secondary N) is 1. The van der Waals surface area contributed by atoms with Crippen LogP contribution in [0.2, 0.25) is 0 Å². The van der Waals surface area contributed by atoms with Crippen LogP contribution in [-0.2, 0) is 9.59 Å². The first kappa shape index (κ1) is 20.9. The quantitative estimate of drug-likeness (QED) is 0.324. The molecule has 4 rings (SSSR count). The molecule has 31 heavy (non-hydrogen) atoms. The minimum Gasteiger partial charge on any atom is -0.508 e. The van der Waals surface area contributed by atoms with Crippen molar-refractivity contribution >= 4 is 73.3 Å². The average Bonchev–Trinajstić information content (AvgIpc) is 3.24. The molecule has 1 aromatic heterocycles. The first-order chi connectivity index (χ1) is 14.9. The van der Waals surface area contributed by atoms with Crippen LogP contribution in [0.25, 0.3) is 16.3 Å². The summed E-state index contributed by atoms with van der Waals surface area (Å²) in [4.78, 5) is 43.4. The second-order valence-electron chi connectivity index (χ2n) is 6.25. The minimum absolute atomic E-state index is 0.0943. The van der Waals surface area contributed by atoms with Crippen molar-refractivity contribution in [1.29, 1.82) is 5.26 Å². The van der Waals surface area contributed by atoms with Gasteiger partial charge in [0.1, 0.15) is 17.7 Å². The number of thioether (sulfide) groups is 2. The lowest BCUT2D eigenvalue weighted by Gasteiger charge is -2.11. The number of rotatable bonds is 5. The van der Waals surface area contributed by atoms with Gasteiger partial charge in [-0.1, -0.05) is 23.5 Å². The number of thiazole rings is 1. The summed E-state index contributed by atoms with van der Waals surface area (Å²) in [5.41, 5.74) is 1.32. The number of carbonyl (C=O) groups excluding carboxylic acids is 3. The summed E-state index contributed by atoms with van der Waals surface area (Å²) in [6, 6.07) is 11.5. The molecule has 3 amide bonds. The van der Waals surface area contributed by atoms with Crippen LogP contribution in [0.5, 0.6) is 5.75 Å². The summed E-state index contributed by atoms with van der Waals surface area (Å²) in [5, 5.41) is 22.5. The van der Waals surface area contributed by atoms with E-state index in [2.05, 4.69) is 10.3 Å². The van der Waals surface area contributed by atoms with E-state index in [1.165, 1.54) is 29.5 Å². The zero-order chi connectivity index (χ0) is 22.0. The number of nitriles is 1. The smallest absolute Gasteiger partial charge is 0.294 e. The van der Waals surface area contributed by atoms with Crippen molar-refractivity contribution in [3.8, 4) is 11.2 Å². The van der Waals surface area contributed by atoms with Crippen LogP contribution in [-0.4, -0.2) is 38.6 Å². The highest BCUT2D eigenvalue weighted by molar-refractivity contribution is 8.18. The van der Waals surface area contributed by atoms with Crippen LogP contribution in [0, 0.1) is 10.7 Å². The highest BCUT2D eigenvalue weighted by Crippen LogP contribution is 2.33. The molecule has 0 aliphatic carbocycles. The molecule has 0 atom stereocenters. The summed E-state index contributed by atoms with van der Waals surface area (Å²) in [6.07, 6.45) is 1.53. The van der Waals surface area contributed by atoms with Gasteiger partial charge in [-0.2, -0.15) is 5.26 Å². The first-order valence-corrected chi connectivity index (χ1v) is 11.2. The number of anilines is 1. The lowest BCUT2D eigenvalue weighted by molar-refractivity contribution is -0.127. The van der Waals surface area contributed by atoms with E-state index in [0.29, 0.717) is 16.2 Å². The normalized spacial score (nSPS) is 14.9. The van der Waals surface area contributed by atoms with Gasteiger partial charge in [-0.25, -0.2) is 4.98 Å². The van der Waals surface area contributed by atoms with E-state index < -0.39 is 23.6 Å². The van der Waals surface area contributed by atoms with E-state index in [0.717, 1.165) is 38.0 Å². The van der Waals surface area contributed by atoms with Crippen LogP contribution >= 0.6 is 34.9 Å². The molecule has 3 aromatic rings. The van der Waals surface area contributed by atoms with Gasteiger partial charge in [-0.05, 0) is 65.5 Å². The molecule has 1 aliphatic heterocycles. The number of hydrogen-bond acceptors (Lipinski definition) is 9. The van der Waals surface area contributed by atoms with E-state index in [1.54, 1.807) is 30.3 Å². The molecular weight excluding hydrogens is 456 g/mol. The van der Waals surface area contributed by atoms with Crippen molar-refractivity contribution in [3.05, 3.63) is 52.9 Å². The van der Waals surface area contributed by atoms with Crippen molar-refractivity contribution in [1.82, 2.24) is 9.88 Å². The molecular formula is C20H12N4O4S3. The van der Waals surface area contributed by atoms with Crippen LogP contribution < -0.4 is 5.32 Å². The molecule has 2 N–H and O–H groups in total. The fourth-order valence-corrected chi connectivity index (χ4v) is 4.99. The highest BCUT2D eigenvalue weighted by atomic mass is 32.2. The molecule has 1 fully saturated rings. The van der Waals surface area contributed by atoms with Gasteiger partial charge < -0.3 is 10.4 Å². The Morgan fingerprint density at radius 2 is 2.03 bits per heavy atom. The fraction of sp³-hybridized carbons (Fsp3) is 0.0500. The maximum absolute atomic E-state index is 12.6. The molecule has 0 radical (unpaired) electrons. The van der Waals surface area contributed by atoms with Gasteiger partial charge >= 0.3 is 0 Å². The number of aromatic hydroxyl groups is 1. The summed E-state index contributed by atoms with van der Waals surface area (Å²) >= 11 is 3.02. The Balaban J connectivity index is 1.44. The predicted octanol–water partition coefficient (Wildman–Crippen LogP) is 4.25. The molecule has 8 nitrogen and oxygen atoms in total. The number of hydrogen-bond donors (Lipinski definition) is 2. The Hall–Kier alpha value is -3.33.